The highest BCUT2D eigenvalue weighted by atomic mass is 16.5. The summed E-state index contributed by atoms with van der Waals surface area (Å²) in [4.78, 5) is 12.8. The van der Waals surface area contributed by atoms with E-state index in [1.807, 2.05) is 24.9 Å². The van der Waals surface area contributed by atoms with Crippen LogP contribution in [0.3, 0.4) is 0 Å². The summed E-state index contributed by atoms with van der Waals surface area (Å²) >= 11 is 0. The van der Waals surface area contributed by atoms with Gasteiger partial charge in [-0.1, -0.05) is 6.08 Å². The summed E-state index contributed by atoms with van der Waals surface area (Å²) in [5.74, 6) is -0.163. The summed E-state index contributed by atoms with van der Waals surface area (Å²) in [6, 6.07) is 0. The summed E-state index contributed by atoms with van der Waals surface area (Å²) in [5, 5.41) is 0. The van der Waals surface area contributed by atoms with Crippen LogP contribution in [-0.4, -0.2) is 37.6 Å². The van der Waals surface area contributed by atoms with Gasteiger partial charge in [0.15, 0.2) is 0 Å². The lowest BCUT2D eigenvalue weighted by Crippen LogP contribution is -2.28. The minimum Gasteiger partial charge on any atom is -0.465 e. The van der Waals surface area contributed by atoms with Crippen LogP contribution in [0.15, 0.2) is 12.7 Å². The molecule has 3 nitrogen and oxygen atoms in total. The molecule has 0 N–H and O–H groups in total. The zero-order valence-electron chi connectivity index (χ0n) is 7.88. The van der Waals surface area contributed by atoms with Gasteiger partial charge in [0.1, 0.15) is 0 Å². The lowest BCUT2D eigenvalue weighted by molar-refractivity contribution is -0.144. The highest BCUT2D eigenvalue weighted by Crippen LogP contribution is 1.89. The first-order valence-corrected chi connectivity index (χ1v) is 4.15. The number of nitrogens with zero attached hydrogens (tertiary/aromatic N) is 1. The summed E-state index contributed by atoms with van der Waals surface area (Å²) in [5.41, 5.74) is 0. The molecule has 0 rings (SSSR count). The standard InChI is InChI=1S/C9H17NO2/c1-4-6-7-10(3)8-9(11)12-5-2/h4H,1,5-8H2,2-3H3. The fraction of sp³-hybridized carbons (Fsp3) is 0.667. The molecule has 3 heteroatoms. The van der Waals surface area contributed by atoms with Gasteiger partial charge in [0.05, 0.1) is 13.2 Å². The fourth-order valence-corrected chi connectivity index (χ4v) is 0.818. The lowest BCUT2D eigenvalue weighted by Gasteiger charge is -2.13. The molecule has 0 aromatic carbocycles. The number of likely N-dealkylation sites (N-methyl/N-ethyl adjacent to an activating group) is 1. The van der Waals surface area contributed by atoms with Gasteiger partial charge in [0.25, 0.3) is 0 Å². The van der Waals surface area contributed by atoms with Crippen molar-refractivity contribution in [1.82, 2.24) is 4.90 Å². The van der Waals surface area contributed by atoms with Crippen molar-refractivity contribution >= 4 is 5.97 Å². The van der Waals surface area contributed by atoms with Crippen molar-refractivity contribution in [2.45, 2.75) is 13.3 Å². The number of esters is 1. The molecule has 0 saturated carbocycles. The monoisotopic (exact) mass is 171 g/mol. The van der Waals surface area contributed by atoms with Crippen LogP contribution in [0.2, 0.25) is 0 Å². The van der Waals surface area contributed by atoms with Crippen molar-refractivity contribution < 1.29 is 9.53 Å². The second kappa shape index (κ2) is 6.85. The molecule has 0 spiro atoms. The number of ether oxygens (including phenoxy) is 1. The minimum absolute atomic E-state index is 0.163. The largest absolute Gasteiger partial charge is 0.465 e. The van der Waals surface area contributed by atoms with E-state index in [9.17, 15) is 4.79 Å². The zero-order valence-corrected chi connectivity index (χ0v) is 7.88. The van der Waals surface area contributed by atoms with Crippen molar-refractivity contribution in [2.75, 3.05) is 26.7 Å². The molecule has 0 aliphatic rings. The van der Waals surface area contributed by atoms with Crippen LogP contribution >= 0.6 is 0 Å². The van der Waals surface area contributed by atoms with Gasteiger partial charge in [0, 0.05) is 6.54 Å². The highest BCUT2D eigenvalue weighted by Gasteiger charge is 2.04. The normalized spacial score (nSPS) is 9.92. The SMILES string of the molecule is C=CCCN(C)CC(=O)OCC. The molecule has 0 aliphatic carbocycles. The van der Waals surface area contributed by atoms with Gasteiger partial charge in [0.2, 0.25) is 0 Å². The third kappa shape index (κ3) is 5.92. The fourth-order valence-electron chi connectivity index (χ4n) is 0.818. The number of carbonyl (C=O) groups is 1. The predicted molar refractivity (Wildman–Crippen MR) is 48.9 cm³/mol. The van der Waals surface area contributed by atoms with Gasteiger partial charge in [-0.15, -0.1) is 6.58 Å². The topological polar surface area (TPSA) is 29.5 Å². The molecule has 12 heavy (non-hydrogen) atoms. The third-order valence-electron chi connectivity index (χ3n) is 1.42. The van der Waals surface area contributed by atoms with Gasteiger partial charge in [-0.2, -0.15) is 0 Å². The first-order valence-electron chi connectivity index (χ1n) is 4.15. The second-order valence-corrected chi connectivity index (χ2v) is 2.62. The minimum atomic E-state index is -0.163. The Morgan fingerprint density at radius 1 is 1.67 bits per heavy atom. The van der Waals surface area contributed by atoms with Crippen LogP contribution < -0.4 is 0 Å². The maximum absolute atomic E-state index is 10.9. The zero-order chi connectivity index (χ0) is 9.40. The number of carbonyl (C=O) groups excluding carboxylic acids is 1. The van der Waals surface area contributed by atoms with Crippen LogP contribution in [-0.2, 0) is 9.53 Å². The van der Waals surface area contributed by atoms with Gasteiger partial charge in [-0.05, 0) is 20.4 Å². The van der Waals surface area contributed by atoms with E-state index < -0.39 is 0 Å². The molecule has 0 aromatic heterocycles. The smallest absolute Gasteiger partial charge is 0.320 e. The molecule has 70 valence electrons. The summed E-state index contributed by atoms with van der Waals surface area (Å²) in [6.45, 7) is 7.08. The van der Waals surface area contributed by atoms with Gasteiger partial charge >= 0.3 is 5.97 Å². The van der Waals surface area contributed by atoms with Gasteiger partial charge in [-0.25, -0.2) is 0 Å². The van der Waals surface area contributed by atoms with Crippen molar-refractivity contribution in [3.05, 3.63) is 12.7 Å². The van der Waals surface area contributed by atoms with Crippen molar-refractivity contribution in [1.29, 1.82) is 0 Å². The summed E-state index contributed by atoms with van der Waals surface area (Å²) in [6.07, 6.45) is 2.73. The van der Waals surface area contributed by atoms with Crippen LogP contribution in [0, 0.1) is 0 Å². The Morgan fingerprint density at radius 2 is 2.33 bits per heavy atom. The summed E-state index contributed by atoms with van der Waals surface area (Å²) in [7, 11) is 1.89. The third-order valence-corrected chi connectivity index (χ3v) is 1.42. The Balaban J connectivity index is 3.46. The van der Waals surface area contributed by atoms with Crippen molar-refractivity contribution in [2.24, 2.45) is 0 Å². The van der Waals surface area contributed by atoms with E-state index in [1.54, 1.807) is 0 Å². The maximum atomic E-state index is 10.9. The van der Waals surface area contributed by atoms with Crippen LogP contribution in [0.5, 0.6) is 0 Å². The number of hydrogen-bond acceptors (Lipinski definition) is 3. The molecule has 0 unspecified atom stereocenters. The molecular weight excluding hydrogens is 154 g/mol. The molecule has 0 atom stereocenters. The molecular formula is C9H17NO2. The Kier molecular flexibility index (Phi) is 6.38. The van der Waals surface area contributed by atoms with E-state index in [-0.39, 0.29) is 5.97 Å². The highest BCUT2D eigenvalue weighted by molar-refractivity contribution is 5.71. The Labute approximate surface area is 74.0 Å². The van der Waals surface area contributed by atoms with Crippen molar-refractivity contribution in [3.63, 3.8) is 0 Å². The first-order chi connectivity index (χ1) is 5.70. The average Bonchev–Trinajstić information content (AvgIpc) is 2.01. The first kappa shape index (κ1) is 11.2. The van der Waals surface area contributed by atoms with E-state index in [0.717, 1.165) is 13.0 Å². The van der Waals surface area contributed by atoms with Gasteiger partial charge in [-0.3, -0.25) is 9.69 Å². The molecule has 0 bridgehead atoms. The summed E-state index contributed by atoms with van der Waals surface area (Å²) < 4.78 is 4.79. The maximum Gasteiger partial charge on any atom is 0.320 e. The Bertz CT molecular complexity index is 145. The lowest BCUT2D eigenvalue weighted by atomic mass is 10.4. The van der Waals surface area contributed by atoms with Crippen LogP contribution in [0.4, 0.5) is 0 Å². The van der Waals surface area contributed by atoms with E-state index >= 15 is 0 Å². The van der Waals surface area contributed by atoms with Crippen molar-refractivity contribution in [3.8, 4) is 0 Å². The second-order valence-electron chi connectivity index (χ2n) is 2.62. The average molecular weight is 171 g/mol. The van der Waals surface area contributed by atoms with E-state index in [0.29, 0.717) is 13.2 Å². The van der Waals surface area contributed by atoms with E-state index in [2.05, 4.69) is 6.58 Å². The Hall–Kier alpha value is -0.830. The predicted octanol–water partition coefficient (Wildman–Crippen LogP) is 1.06. The van der Waals surface area contributed by atoms with Gasteiger partial charge < -0.3 is 4.74 Å². The molecule has 0 radical (unpaired) electrons. The van der Waals surface area contributed by atoms with E-state index in [1.165, 1.54) is 0 Å². The molecule has 0 aliphatic heterocycles. The van der Waals surface area contributed by atoms with Crippen LogP contribution in [0.1, 0.15) is 13.3 Å². The molecule has 0 aromatic rings. The number of hydrogen-bond donors (Lipinski definition) is 0. The number of rotatable bonds is 6. The van der Waals surface area contributed by atoms with E-state index in [4.69, 9.17) is 4.74 Å². The quantitative estimate of drug-likeness (QED) is 0.442. The Morgan fingerprint density at radius 3 is 2.83 bits per heavy atom. The molecule has 0 amide bonds. The van der Waals surface area contributed by atoms with Crippen LogP contribution in [0.25, 0.3) is 0 Å². The molecule has 0 heterocycles. The molecule has 0 fully saturated rings. The molecule has 0 saturated heterocycles.